The second-order valence-corrected chi connectivity index (χ2v) is 5.47. The van der Waals surface area contributed by atoms with Crippen LogP contribution in [0, 0.1) is 0 Å². The number of β-lactam (4-membered cyclic amide) rings is 1. The van der Waals surface area contributed by atoms with Crippen LogP contribution in [0.5, 0.6) is 0 Å². The van der Waals surface area contributed by atoms with Crippen molar-refractivity contribution in [1.82, 2.24) is 4.90 Å². The van der Waals surface area contributed by atoms with Crippen molar-refractivity contribution in [3.05, 3.63) is 47.7 Å². The van der Waals surface area contributed by atoms with Crippen molar-refractivity contribution in [3.8, 4) is 0 Å². The average molecular weight is 301 g/mol. The summed E-state index contributed by atoms with van der Waals surface area (Å²) in [5.41, 5.74) is 0.917. The van der Waals surface area contributed by atoms with Gasteiger partial charge in [0, 0.05) is 0 Å². The third-order valence-electron chi connectivity index (χ3n) is 3.85. The maximum Gasteiger partial charge on any atom is 0.337 e. The molecule has 0 aliphatic carbocycles. The highest BCUT2D eigenvalue weighted by molar-refractivity contribution is 5.91. The zero-order valence-electron chi connectivity index (χ0n) is 12.5. The Morgan fingerprint density at radius 1 is 1.41 bits per heavy atom. The van der Waals surface area contributed by atoms with Crippen LogP contribution in [0.2, 0.25) is 0 Å². The van der Waals surface area contributed by atoms with Crippen LogP contribution in [-0.4, -0.2) is 29.0 Å². The van der Waals surface area contributed by atoms with Gasteiger partial charge in [-0.2, -0.15) is 0 Å². The number of benzene rings is 1. The van der Waals surface area contributed by atoms with Gasteiger partial charge in [-0.15, -0.1) is 0 Å². The number of fused-ring (bicyclic) bond motifs is 1. The van der Waals surface area contributed by atoms with Crippen molar-refractivity contribution < 1.29 is 19.1 Å². The molecule has 22 heavy (non-hydrogen) atoms. The number of hydrogen-bond donors (Lipinski definition) is 0. The minimum absolute atomic E-state index is 0.0634. The van der Waals surface area contributed by atoms with E-state index < -0.39 is 12.0 Å². The molecule has 0 radical (unpaired) electrons. The lowest BCUT2D eigenvalue weighted by atomic mass is 10.1. The molecule has 1 amide bonds. The fraction of sp³-hybridized carbons (Fsp3) is 0.412. The molecule has 2 atom stereocenters. The van der Waals surface area contributed by atoms with E-state index in [1.165, 1.54) is 4.90 Å². The number of nitrogens with zero attached hydrogens (tertiary/aromatic N) is 1. The monoisotopic (exact) mass is 301 g/mol. The zero-order valence-corrected chi connectivity index (χ0v) is 12.5. The predicted octanol–water partition coefficient (Wildman–Crippen LogP) is 2.37. The van der Waals surface area contributed by atoms with Crippen LogP contribution in [-0.2, 0) is 25.7 Å². The molecular formula is C17H19NO4. The fourth-order valence-electron chi connectivity index (χ4n) is 2.65. The molecule has 0 saturated carbocycles. The van der Waals surface area contributed by atoms with E-state index in [0.29, 0.717) is 12.2 Å². The molecule has 2 aliphatic heterocycles. The molecule has 2 aliphatic rings. The molecule has 1 aromatic carbocycles. The van der Waals surface area contributed by atoms with Gasteiger partial charge in [0.2, 0.25) is 5.91 Å². The van der Waals surface area contributed by atoms with E-state index >= 15 is 0 Å². The largest absolute Gasteiger partial charge is 0.472 e. The predicted molar refractivity (Wildman–Crippen MR) is 79.4 cm³/mol. The van der Waals surface area contributed by atoms with Crippen LogP contribution in [0.3, 0.4) is 0 Å². The summed E-state index contributed by atoms with van der Waals surface area (Å²) in [5.74, 6) is 0.0593. The van der Waals surface area contributed by atoms with E-state index in [4.69, 9.17) is 9.47 Å². The van der Waals surface area contributed by atoms with Crippen LogP contribution in [0.15, 0.2) is 42.2 Å². The minimum atomic E-state index is -0.721. The normalized spacial score (nSPS) is 24.7. The Morgan fingerprint density at radius 2 is 2.18 bits per heavy atom. The van der Waals surface area contributed by atoms with Crippen LogP contribution < -0.4 is 0 Å². The number of carbonyl (C=O) groups is 2. The van der Waals surface area contributed by atoms with Crippen molar-refractivity contribution in [1.29, 1.82) is 0 Å². The molecule has 2 heterocycles. The Bertz CT molecular complexity index is 596. The Hall–Kier alpha value is -2.30. The maximum absolute atomic E-state index is 12.4. The third-order valence-corrected chi connectivity index (χ3v) is 3.85. The van der Waals surface area contributed by atoms with Gasteiger partial charge in [-0.05, 0) is 18.1 Å². The average Bonchev–Trinajstić information content (AvgIpc) is 2.83. The fourth-order valence-corrected chi connectivity index (χ4v) is 2.65. The smallest absolute Gasteiger partial charge is 0.337 e. The molecular weight excluding hydrogens is 282 g/mol. The van der Waals surface area contributed by atoms with Gasteiger partial charge in [-0.3, -0.25) is 9.69 Å². The van der Waals surface area contributed by atoms with Crippen LogP contribution in [0.1, 0.15) is 31.7 Å². The molecule has 0 bridgehead atoms. The standard InChI is InChI=1S/C17H19NO4/c1-2-3-9-13-16(18-14(19)10-15(18)22-13)17(20)21-11-12-7-5-4-6-8-12/h4-9,15-16H,2-3,10-11H2,1H3/b13-9-/t15-,16-/m1/s1. The summed E-state index contributed by atoms with van der Waals surface area (Å²) in [6.07, 6.45) is 3.69. The number of carbonyl (C=O) groups excluding carboxylic acids is 2. The molecule has 2 saturated heterocycles. The summed E-state index contributed by atoms with van der Waals surface area (Å²) in [6.45, 7) is 2.25. The molecule has 1 aromatic rings. The first kappa shape index (κ1) is 14.6. The molecule has 0 N–H and O–H groups in total. The van der Waals surface area contributed by atoms with Crippen LogP contribution in [0.4, 0.5) is 0 Å². The van der Waals surface area contributed by atoms with E-state index in [9.17, 15) is 9.59 Å². The lowest BCUT2D eigenvalue weighted by molar-refractivity contribution is -0.166. The van der Waals surface area contributed by atoms with Crippen molar-refractivity contribution in [3.63, 3.8) is 0 Å². The number of esters is 1. The highest BCUT2D eigenvalue weighted by Gasteiger charge is 2.54. The number of rotatable bonds is 5. The summed E-state index contributed by atoms with van der Waals surface area (Å²) in [4.78, 5) is 25.6. The lowest BCUT2D eigenvalue weighted by Crippen LogP contribution is -2.55. The molecule has 3 rings (SSSR count). The van der Waals surface area contributed by atoms with Crippen molar-refractivity contribution in [2.75, 3.05) is 0 Å². The Labute approximate surface area is 129 Å². The molecule has 116 valence electrons. The van der Waals surface area contributed by atoms with Gasteiger partial charge in [-0.1, -0.05) is 43.7 Å². The number of ether oxygens (including phenoxy) is 2. The van der Waals surface area contributed by atoms with Gasteiger partial charge in [0.25, 0.3) is 0 Å². The maximum atomic E-state index is 12.4. The minimum Gasteiger partial charge on any atom is -0.472 e. The van der Waals surface area contributed by atoms with Gasteiger partial charge < -0.3 is 9.47 Å². The molecule has 2 fully saturated rings. The van der Waals surface area contributed by atoms with Gasteiger partial charge in [0.1, 0.15) is 12.4 Å². The summed E-state index contributed by atoms with van der Waals surface area (Å²) in [7, 11) is 0. The number of allylic oxidation sites excluding steroid dienone is 1. The summed E-state index contributed by atoms with van der Waals surface area (Å²) in [5, 5.41) is 0. The van der Waals surface area contributed by atoms with E-state index in [0.717, 1.165) is 18.4 Å². The van der Waals surface area contributed by atoms with Crippen LogP contribution in [0.25, 0.3) is 0 Å². The number of hydrogen-bond acceptors (Lipinski definition) is 4. The topological polar surface area (TPSA) is 55.8 Å². The van der Waals surface area contributed by atoms with Gasteiger partial charge >= 0.3 is 5.97 Å². The molecule has 0 spiro atoms. The van der Waals surface area contributed by atoms with Crippen molar-refractivity contribution in [2.45, 2.75) is 45.1 Å². The van der Waals surface area contributed by atoms with Crippen molar-refractivity contribution in [2.24, 2.45) is 0 Å². The second kappa shape index (κ2) is 6.22. The van der Waals surface area contributed by atoms with E-state index in [1.807, 2.05) is 36.4 Å². The van der Waals surface area contributed by atoms with Gasteiger partial charge in [0.15, 0.2) is 12.3 Å². The van der Waals surface area contributed by atoms with E-state index in [2.05, 4.69) is 6.92 Å². The highest BCUT2D eigenvalue weighted by Crippen LogP contribution is 2.37. The van der Waals surface area contributed by atoms with Gasteiger partial charge in [-0.25, -0.2) is 4.79 Å². The second-order valence-electron chi connectivity index (χ2n) is 5.47. The first-order valence-electron chi connectivity index (χ1n) is 7.59. The summed E-state index contributed by atoms with van der Waals surface area (Å²) >= 11 is 0. The van der Waals surface area contributed by atoms with E-state index in [1.54, 1.807) is 0 Å². The van der Waals surface area contributed by atoms with E-state index in [-0.39, 0.29) is 18.7 Å². The Morgan fingerprint density at radius 3 is 2.86 bits per heavy atom. The Kier molecular flexibility index (Phi) is 4.13. The third kappa shape index (κ3) is 2.71. The SMILES string of the molecule is CCC/C=C1\O[C@@H]2CC(=O)N2[C@H]1C(=O)OCc1ccccc1. The molecule has 5 nitrogen and oxygen atoms in total. The first-order chi connectivity index (χ1) is 10.7. The van der Waals surface area contributed by atoms with Crippen LogP contribution >= 0.6 is 0 Å². The number of unbranched alkanes of at least 4 members (excludes halogenated alkanes) is 1. The lowest BCUT2D eigenvalue weighted by Gasteiger charge is -2.33. The number of amides is 1. The first-order valence-corrected chi connectivity index (χ1v) is 7.59. The van der Waals surface area contributed by atoms with Crippen molar-refractivity contribution >= 4 is 11.9 Å². The molecule has 0 aromatic heterocycles. The highest BCUT2D eigenvalue weighted by atomic mass is 16.6. The Balaban J connectivity index is 1.69. The zero-order chi connectivity index (χ0) is 15.5. The molecule has 0 unspecified atom stereocenters. The summed E-state index contributed by atoms with van der Waals surface area (Å²) in [6, 6.07) is 8.76. The van der Waals surface area contributed by atoms with Gasteiger partial charge in [0.05, 0.1) is 6.42 Å². The summed E-state index contributed by atoms with van der Waals surface area (Å²) < 4.78 is 11.1. The molecule has 5 heteroatoms. The quantitative estimate of drug-likeness (QED) is 0.619.